The normalized spacial score (nSPS) is 14.2. The minimum atomic E-state index is -4.94. The lowest BCUT2D eigenvalue weighted by Gasteiger charge is -2.21. The van der Waals surface area contributed by atoms with Crippen LogP contribution in [0.3, 0.4) is 0 Å². The van der Waals surface area contributed by atoms with Crippen molar-refractivity contribution in [2.24, 2.45) is 5.92 Å². The van der Waals surface area contributed by atoms with E-state index < -0.39 is 97.5 Å². The Morgan fingerprint density at radius 2 is 0.541 bits per heavy atom. The quantitative estimate of drug-likeness (QED) is 0.0222. The summed E-state index contributed by atoms with van der Waals surface area (Å²) in [4.78, 5) is 72.1. The van der Waals surface area contributed by atoms with E-state index in [1.807, 2.05) is 0 Å². The van der Waals surface area contributed by atoms with Crippen LogP contribution in [-0.2, 0) is 65.4 Å². The van der Waals surface area contributed by atoms with Gasteiger partial charge in [-0.15, -0.1) is 0 Å². The van der Waals surface area contributed by atoms with E-state index in [4.69, 9.17) is 37.0 Å². The first-order valence-electron chi connectivity index (χ1n) is 34.6. The van der Waals surface area contributed by atoms with Crippen molar-refractivity contribution in [3.63, 3.8) is 0 Å². The van der Waals surface area contributed by atoms with Crippen LogP contribution in [0.25, 0.3) is 0 Å². The summed E-state index contributed by atoms with van der Waals surface area (Å²) in [6.45, 7) is 7.10. The predicted molar refractivity (Wildman–Crippen MR) is 340 cm³/mol. The highest BCUT2D eigenvalue weighted by Gasteiger charge is 2.30. The van der Waals surface area contributed by atoms with Crippen molar-refractivity contribution >= 4 is 39.5 Å². The first-order valence-corrected chi connectivity index (χ1v) is 37.6. The number of aliphatic hydroxyl groups is 1. The molecule has 0 fully saturated rings. The smallest absolute Gasteiger partial charge is 0.462 e. The van der Waals surface area contributed by atoms with E-state index in [1.54, 1.807) is 0 Å². The number of carbonyl (C=O) groups excluding carboxylic acids is 4. The van der Waals surface area contributed by atoms with Crippen LogP contribution in [0.5, 0.6) is 0 Å². The molecule has 0 aromatic carbocycles. The lowest BCUT2D eigenvalue weighted by Crippen LogP contribution is -2.30. The molecular weight excluding hydrogens is 1130 g/mol. The highest BCUT2D eigenvalue weighted by molar-refractivity contribution is 7.47. The molecule has 0 aliphatic rings. The average molecular weight is 1260 g/mol. The number of phosphoric acid groups is 2. The average Bonchev–Trinajstić information content (AvgIpc) is 3.61. The number of unbranched alkanes of at least 4 members (excludes halogenated alkanes) is 38. The van der Waals surface area contributed by atoms with E-state index in [2.05, 4.69) is 34.6 Å². The molecule has 17 nitrogen and oxygen atoms in total. The number of hydrogen-bond acceptors (Lipinski definition) is 15. The number of hydrogen-bond donors (Lipinski definition) is 3. The molecule has 0 heterocycles. The molecular formula is C66H128O17P2. The molecule has 504 valence electrons. The zero-order valence-electron chi connectivity index (χ0n) is 54.7. The number of phosphoric ester groups is 2. The van der Waals surface area contributed by atoms with E-state index >= 15 is 0 Å². The predicted octanol–water partition coefficient (Wildman–Crippen LogP) is 18.6. The van der Waals surface area contributed by atoms with Crippen molar-refractivity contribution < 1.29 is 80.2 Å². The number of ether oxygens (including phenoxy) is 4. The lowest BCUT2D eigenvalue weighted by atomic mass is 10.0. The Morgan fingerprint density at radius 3 is 0.800 bits per heavy atom. The summed E-state index contributed by atoms with van der Waals surface area (Å²) in [7, 11) is -9.88. The van der Waals surface area contributed by atoms with Crippen molar-refractivity contribution in [1.82, 2.24) is 0 Å². The summed E-state index contributed by atoms with van der Waals surface area (Å²) < 4.78 is 67.9. The van der Waals surface area contributed by atoms with Crippen molar-refractivity contribution in [1.29, 1.82) is 0 Å². The molecule has 0 aliphatic heterocycles. The minimum Gasteiger partial charge on any atom is -0.462 e. The first kappa shape index (κ1) is 83.1. The van der Waals surface area contributed by atoms with Crippen LogP contribution in [-0.4, -0.2) is 96.7 Å². The van der Waals surface area contributed by atoms with Gasteiger partial charge in [0.2, 0.25) is 0 Å². The van der Waals surface area contributed by atoms with Crippen LogP contribution < -0.4 is 0 Å². The molecule has 0 bridgehead atoms. The van der Waals surface area contributed by atoms with Gasteiger partial charge >= 0.3 is 39.5 Å². The van der Waals surface area contributed by atoms with Crippen molar-refractivity contribution in [3.8, 4) is 0 Å². The van der Waals surface area contributed by atoms with Crippen molar-refractivity contribution in [3.05, 3.63) is 0 Å². The maximum atomic E-state index is 13.0. The van der Waals surface area contributed by atoms with Crippen LogP contribution in [0, 0.1) is 5.92 Å². The van der Waals surface area contributed by atoms with Crippen LogP contribution in [0.4, 0.5) is 0 Å². The van der Waals surface area contributed by atoms with Gasteiger partial charge in [0.05, 0.1) is 26.4 Å². The summed E-state index contributed by atoms with van der Waals surface area (Å²) in [5.74, 6) is -1.43. The van der Waals surface area contributed by atoms with Crippen molar-refractivity contribution in [2.75, 3.05) is 39.6 Å². The largest absolute Gasteiger partial charge is 0.472 e. The van der Waals surface area contributed by atoms with Crippen LogP contribution in [0.2, 0.25) is 0 Å². The topological polar surface area (TPSA) is 237 Å². The van der Waals surface area contributed by atoms with Gasteiger partial charge < -0.3 is 33.8 Å². The molecule has 3 N–H and O–H groups in total. The van der Waals surface area contributed by atoms with E-state index in [0.717, 1.165) is 109 Å². The first-order chi connectivity index (χ1) is 41.0. The molecule has 85 heavy (non-hydrogen) atoms. The maximum absolute atomic E-state index is 13.0. The van der Waals surface area contributed by atoms with Gasteiger partial charge in [-0.3, -0.25) is 37.3 Å². The van der Waals surface area contributed by atoms with Gasteiger partial charge in [0.15, 0.2) is 12.2 Å². The summed E-state index contributed by atoms with van der Waals surface area (Å²) >= 11 is 0. The standard InChI is InChI=1S/C66H128O17P2/c1-6-9-12-15-18-21-22-23-24-25-26-27-28-29-30-31-36-42-47-52-66(71)83-62(56-77-64(69)50-45-40-37-32-33-38-43-48-59(4)5)58-81-85(74,75)79-54-60(67)53-78-84(72,73)80-57-61(82-65(70)51-46-41-35-20-17-14-11-8-3)55-76-63(68)49-44-39-34-19-16-13-10-7-2/h59-62,67H,6-58H2,1-5H3,(H,72,73)(H,74,75)/t60-,61+,62+/m0/s1. The second-order valence-electron chi connectivity index (χ2n) is 24.3. The molecule has 5 atom stereocenters. The molecule has 0 saturated carbocycles. The Bertz CT molecular complexity index is 1650. The number of carbonyl (C=O) groups is 4. The van der Waals surface area contributed by atoms with Gasteiger partial charge in [-0.05, 0) is 31.6 Å². The number of rotatable bonds is 66. The maximum Gasteiger partial charge on any atom is 0.472 e. The highest BCUT2D eigenvalue weighted by atomic mass is 31.2. The van der Waals surface area contributed by atoms with Gasteiger partial charge in [0, 0.05) is 25.7 Å². The van der Waals surface area contributed by atoms with E-state index in [1.165, 1.54) is 141 Å². The molecule has 0 aromatic rings. The number of esters is 4. The van der Waals surface area contributed by atoms with E-state index in [0.29, 0.717) is 31.6 Å². The third kappa shape index (κ3) is 60.7. The lowest BCUT2D eigenvalue weighted by molar-refractivity contribution is -0.161. The Labute approximate surface area is 517 Å². The molecule has 0 aromatic heterocycles. The van der Waals surface area contributed by atoms with E-state index in [9.17, 15) is 43.2 Å². The van der Waals surface area contributed by atoms with Crippen LogP contribution in [0.15, 0.2) is 0 Å². The summed E-state index contributed by atoms with van der Waals surface area (Å²) in [6.07, 6.45) is 44.8. The highest BCUT2D eigenvalue weighted by Crippen LogP contribution is 2.45. The molecule has 2 unspecified atom stereocenters. The fraction of sp³-hybridized carbons (Fsp3) is 0.939. The van der Waals surface area contributed by atoms with E-state index in [-0.39, 0.29) is 25.7 Å². The third-order valence-electron chi connectivity index (χ3n) is 15.3. The minimum absolute atomic E-state index is 0.105. The van der Waals surface area contributed by atoms with Crippen LogP contribution >= 0.6 is 15.6 Å². The fourth-order valence-corrected chi connectivity index (χ4v) is 11.5. The van der Waals surface area contributed by atoms with Gasteiger partial charge in [0.25, 0.3) is 0 Å². The van der Waals surface area contributed by atoms with Crippen LogP contribution in [0.1, 0.15) is 336 Å². The van der Waals surface area contributed by atoms with Crippen molar-refractivity contribution in [2.45, 2.75) is 355 Å². The monoisotopic (exact) mass is 1250 g/mol. The molecule has 0 saturated heterocycles. The van der Waals surface area contributed by atoms with Gasteiger partial charge in [0.1, 0.15) is 19.3 Å². The van der Waals surface area contributed by atoms with Gasteiger partial charge in [-0.1, -0.05) is 285 Å². The zero-order valence-corrected chi connectivity index (χ0v) is 56.5. The molecule has 0 aliphatic carbocycles. The second kappa shape index (κ2) is 59.7. The number of aliphatic hydroxyl groups excluding tert-OH is 1. The molecule has 0 radical (unpaired) electrons. The van der Waals surface area contributed by atoms with Gasteiger partial charge in [-0.2, -0.15) is 0 Å². The molecule has 0 amide bonds. The molecule has 19 heteroatoms. The Balaban J connectivity index is 5.14. The third-order valence-corrected chi connectivity index (χ3v) is 17.2. The SMILES string of the molecule is CCCCCCCCCCCCCCCCCCCCCC(=O)O[C@H](COC(=O)CCCCCCCCCC(C)C)COP(=O)(O)OC[C@@H](O)COP(=O)(O)OC[C@@H](COC(=O)CCCCCCCCCC)OC(=O)CCCCCCCCCC. The Hall–Kier alpha value is -1.94. The van der Waals surface area contributed by atoms with Gasteiger partial charge in [-0.25, -0.2) is 9.13 Å². The fourth-order valence-electron chi connectivity index (χ4n) is 9.94. The Kier molecular flexibility index (Phi) is 58.3. The zero-order chi connectivity index (χ0) is 62.8. The summed E-state index contributed by atoms with van der Waals surface area (Å²) in [5.41, 5.74) is 0. The molecule has 0 rings (SSSR count). The Morgan fingerprint density at radius 1 is 0.318 bits per heavy atom. The summed E-state index contributed by atoms with van der Waals surface area (Å²) in [5, 5.41) is 10.5. The summed E-state index contributed by atoms with van der Waals surface area (Å²) in [6, 6.07) is 0. The second-order valence-corrected chi connectivity index (χ2v) is 27.2. The molecule has 0 spiro atoms.